The molecule has 0 aliphatic rings. The molecule has 2 atom stereocenters. The molecule has 1 rings (SSSR count). The molecule has 0 aliphatic carbocycles. The predicted octanol–water partition coefficient (Wildman–Crippen LogP) is 1.50. The molecule has 1 amide bonds. The van der Waals surface area contributed by atoms with E-state index in [0.717, 1.165) is 5.56 Å². The van der Waals surface area contributed by atoms with Gasteiger partial charge in [-0.05, 0) is 24.3 Å². The van der Waals surface area contributed by atoms with E-state index in [9.17, 15) is 9.59 Å². The van der Waals surface area contributed by atoms with Crippen LogP contribution in [0.4, 0.5) is 4.79 Å². The van der Waals surface area contributed by atoms with E-state index in [1.807, 2.05) is 18.2 Å². The number of carbonyl (C=O) groups excluding carboxylic acids is 1. The van der Waals surface area contributed by atoms with E-state index in [1.165, 1.54) is 6.92 Å². The Morgan fingerprint density at radius 2 is 2.00 bits per heavy atom. The smallest absolute Gasteiger partial charge is 0.408 e. The van der Waals surface area contributed by atoms with Crippen LogP contribution >= 0.6 is 11.8 Å². The van der Waals surface area contributed by atoms with Crippen LogP contribution in [-0.2, 0) is 16.1 Å². The molecule has 7 heteroatoms. The average molecular weight is 287 g/mol. The lowest BCUT2D eigenvalue weighted by Crippen LogP contribution is -2.51. The molecular weight excluding hydrogens is 272 g/mol. The molecule has 0 saturated carbocycles. The lowest BCUT2D eigenvalue weighted by Gasteiger charge is -2.19. The van der Waals surface area contributed by atoms with Gasteiger partial charge in [-0.1, -0.05) is 30.3 Å². The van der Waals surface area contributed by atoms with Gasteiger partial charge in [-0.25, -0.2) is 14.4 Å². The second-order valence-electron chi connectivity index (χ2n) is 3.92. The lowest BCUT2D eigenvalue weighted by atomic mass is 10.1. The van der Waals surface area contributed by atoms with Gasteiger partial charge in [0.05, 0.1) is 6.04 Å². The molecule has 1 aromatic rings. The van der Waals surface area contributed by atoms with E-state index in [0.29, 0.717) is 0 Å². The van der Waals surface area contributed by atoms with Crippen LogP contribution in [0.15, 0.2) is 30.3 Å². The Hall–Kier alpha value is -1.79. The van der Waals surface area contributed by atoms with Crippen molar-refractivity contribution in [1.82, 2.24) is 10.2 Å². The second kappa shape index (κ2) is 7.60. The Balaban J connectivity index is 2.47. The van der Waals surface area contributed by atoms with Crippen LogP contribution < -0.4 is 10.2 Å². The number of halogens is 1. The standard InChI is InChI=1S/C12H15ClN2O4/c1-8(15-13)10(11(16)17)14-12(18)19-7-9-5-3-2-4-6-9/h2-6,8,10,15H,7H2,1H3,(H,14,18)(H,16,17)/t8-,10-/m0/s1. The summed E-state index contributed by atoms with van der Waals surface area (Å²) in [5, 5.41) is 11.2. The van der Waals surface area contributed by atoms with Gasteiger partial charge in [0.25, 0.3) is 0 Å². The van der Waals surface area contributed by atoms with Crippen molar-refractivity contribution in [3.63, 3.8) is 0 Å². The summed E-state index contributed by atoms with van der Waals surface area (Å²) in [5.74, 6) is -1.20. The molecule has 0 spiro atoms. The number of carboxylic acids is 1. The molecule has 0 bridgehead atoms. The van der Waals surface area contributed by atoms with Gasteiger partial charge in [-0.3, -0.25) is 0 Å². The fourth-order valence-electron chi connectivity index (χ4n) is 1.36. The minimum Gasteiger partial charge on any atom is -0.480 e. The van der Waals surface area contributed by atoms with Gasteiger partial charge in [-0.15, -0.1) is 0 Å². The lowest BCUT2D eigenvalue weighted by molar-refractivity contribution is -0.139. The van der Waals surface area contributed by atoms with Crippen LogP contribution in [0.2, 0.25) is 0 Å². The molecule has 0 fully saturated rings. The van der Waals surface area contributed by atoms with E-state index in [2.05, 4.69) is 10.2 Å². The maximum Gasteiger partial charge on any atom is 0.408 e. The summed E-state index contributed by atoms with van der Waals surface area (Å²) < 4.78 is 4.92. The van der Waals surface area contributed by atoms with Crippen LogP contribution in [0, 0.1) is 0 Å². The van der Waals surface area contributed by atoms with Crippen molar-refractivity contribution in [3.05, 3.63) is 35.9 Å². The first-order valence-electron chi connectivity index (χ1n) is 5.60. The summed E-state index contributed by atoms with van der Waals surface area (Å²) in [6.45, 7) is 1.60. The molecule has 0 aliphatic heterocycles. The Morgan fingerprint density at radius 3 is 2.53 bits per heavy atom. The molecule has 1 aromatic carbocycles. The molecular formula is C12H15ClN2O4. The number of nitrogens with one attached hydrogen (secondary N) is 2. The van der Waals surface area contributed by atoms with Crippen molar-refractivity contribution in [2.75, 3.05) is 0 Å². The average Bonchev–Trinajstić information content (AvgIpc) is 2.42. The van der Waals surface area contributed by atoms with E-state index in [1.54, 1.807) is 12.1 Å². The van der Waals surface area contributed by atoms with Gasteiger partial charge in [0.2, 0.25) is 0 Å². The molecule has 0 heterocycles. The minimum atomic E-state index is -1.20. The number of carbonyl (C=O) groups is 2. The summed E-state index contributed by atoms with van der Waals surface area (Å²) in [7, 11) is 0. The van der Waals surface area contributed by atoms with Gasteiger partial charge in [0, 0.05) is 0 Å². The van der Waals surface area contributed by atoms with Crippen molar-refractivity contribution >= 4 is 23.8 Å². The van der Waals surface area contributed by atoms with Crippen molar-refractivity contribution in [2.24, 2.45) is 0 Å². The minimum absolute atomic E-state index is 0.0711. The van der Waals surface area contributed by atoms with Gasteiger partial charge < -0.3 is 15.2 Å². The highest BCUT2D eigenvalue weighted by Gasteiger charge is 2.26. The van der Waals surface area contributed by atoms with Gasteiger partial charge in [-0.2, -0.15) is 0 Å². The summed E-state index contributed by atoms with van der Waals surface area (Å²) >= 11 is 5.34. The van der Waals surface area contributed by atoms with Crippen LogP contribution in [0.1, 0.15) is 12.5 Å². The molecule has 104 valence electrons. The first-order chi connectivity index (χ1) is 9.04. The first kappa shape index (κ1) is 15.3. The van der Waals surface area contributed by atoms with Crippen LogP contribution in [0.5, 0.6) is 0 Å². The fraction of sp³-hybridized carbons (Fsp3) is 0.333. The highest BCUT2D eigenvalue weighted by Crippen LogP contribution is 2.02. The highest BCUT2D eigenvalue weighted by molar-refractivity contribution is 6.13. The summed E-state index contributed by atoms with van der Waals surface area (Å²) in [6, 6.07) is 7.27. The maximum absolute atomic E-state index is 11.5. The third kappa shape index (κ3) is 5.15. The van der Waals surface area contributed by atoms with Crippen molar-refractivity contribution in [1.29, 1.82) is 0 Å². The summed E-state index contributed by atoms with van der Waals surface area (Å²) in [5.41, 5.74) is 0.813. The van der Waals surface area contributed by atoms with Crippen molar-refractivity contribution in [3.8, 4) is 0 Å². The van der Waals surface area contributed by atoms with Crippen LogP contribution in [0.25, 0.3) is 0 Å². The molecule has 0 aromatic heterocycles. The number of rotatable bonds is 6. The number of benzene rings is 1. The number of aliphatic carboxylic acids is 1. The summed E-state index contributed by atoms with van der Waals surface area (Å²) in [6.07, 6.45) is -0.810. The number of alkyl carbamates (subject to hydrolysis) is 1. The quantitative estimate of drug-likeness (QED) is 0.690. The first-order valence-corrected chi connectivity index (χ1v) is 5.98. The molecule has 0 unspecified atom stereocenters. The molecule has 3 N–H and O–H groups in total. The fourth-order valence-corrected chi connectivity index (χ4v) is 1.48. The van der Waals surface area contributed by atoms with Gasteiger partial charge in [0.15, 0.2) is 0 Å². The number of amides is 1. The Labute approximate surface area is 115 Å². The highest BCUT2D eigenvalue weighted by atomic mass is 35.5. The molecule has 0 radical (unpaired) electrons. The van der Waals surface area contributed by atoms with E-state index in [4.69, 9.17) is 21.6 Å². The zero-order valence-corrected chi connectivity index (χ0v) is 11.1. The van der Waals surface area contributed by atoms with Crippen LogP contribution in [-0.4, -0.2) is 29.3 Å². The topological polar surface area (TPSA) is 87.7 Å². The van der Waals surface area contributed by atoms with Gasteiger partial charge >= 0.3 is 12.1 Å². The zero-order valence-electron chi connectivity index (χ0n) is 10.3. The normalized spacial score (nSPS) is 13.4. The predicted molar refractivity (Wildman–Crippen MR) is 69.6 cm³/mol. The third-order valence-electron chi connectivity index (χ3n) is 2.42. The number of carboxylic acid groups (broad SMARTS) is 1. The SMILES string of the molecule is C[C@H](NCl)[C@H](NC(=O)OCc1ccccc1)C(=O)O. The van der Waals surface area contributed by atoms with Crippen molar-refractivity contribution in [2.45, 2.75) is 25.6 Å². The summed E-state index contributed by atoms with van der Waals surface area (Å²) in [4.78, 5) is 24.7. The largest absolute Gasteiger partial charge is 0.480 e. The molecule has 19 heavy (non-hydrogen) atoms. The molecule has 6 nitrogen and oxygen atoms in total. The van der Waals surface area contributed by atoms with E-state index >= 15 is 0 Å². The number of ether oxygens (including phenoxy) is 1. The van der Waals surface area contributed by atoms with E-state index in [-0.39, 0.29) is 6.61 Å². The Morgan fingerprint density at radius 1 is 1.37 bits per heavy atom. The maximum atomic E-state index is 11.5. The number of hydrogen-bond acceptors (Lipinski definition) is 4. The Kier molecular flexibility index (Phi) is 6.11. The number of hydrogen-bond donors (Lipinski definition) is 3. The van der Waals surface area contributed by atoms with Crippen LogP contribution in [0.3, 0.4) is 0 Å². The zero-order chi connectivity index (χ0) is 14.3. The Bertz CT molecular complexity index is 427. The monoisotopic (exact) mass is 286 g/mol. The second-order valence-corrected chi connectivity index (χ2v) is 4.14. The van der Waals surface area contributed by atoms with E-state index < -0.39 is 24.1 Å². The van der Waals surface area contributed by atoms with Gasteiger partial charge in [0.1, 0.15) is 12.6 Å². The van der Waals surface area contributed by atoms with Crippen molar-refractivity contribution < 1.29 is 19.4 Å². The third-order valence-corrected chi connectivity index (χ3v) is 2.77. The molecule has 0 saturated heterocycles.